The van der Waals surface area contributed by atoms with Crippen LogP contribution in [0.3, 0.4) is 0 Å². The molecular formula is C10H15NO5S. The van der Waals surface area contributed by atoms with Gasteiger partial charge in [-0.25, -0.2) is 8.42 Å². The Labute approximate surface area is 99.5 Å². The highest BCUT2D eigenvalue weighted by atomic mass is 32.2. The van der Waals surface area contributed by atoms with E-state index in [1.807, 2.05) is 13.8 Å². The van der Waals surface area contributed by atoms with Gasteiger partial charge in [-0.3, -0.25) is 4.79 Å². The first-order chi connectivity index (χ1) is 7.80. The van der Waals surface area contributed by atoms with Crippen molar-refractivity contribution in [1.82, 2.24) is 5.16 Å². The molecule has 0 aliphatic heterocycles. The molecule has 6 nitrogen and oxygen atoms in total. The Balaban J connectivity index is 2.66. The molecule has 0 unspecified atom stereocenters. The zero-order valence-electron chi connectivity index (χ0n) is 9.71. The molecule has 0 spiro atoms. The van der Waals surface area contributed by atoms with Gasteiger partial charge in [-0.1, -0.05) is 19.0 Å². The smallest absolute Gasteiger partial charge is 0.304 e. The van der Waals surface area contributed by atoms with Gasteiger partial charge in [-0.05, 0) is 0 Å². The van der Waals surface area contributed by atoms with Crippen LogP contribution in [-0.4, -0.2) is 30.4 Å². The van der Waals surface area contributed by atoms with Crippen LogP contribution >= 0.6 is 0 Å². The summed E-state index contributed by atoms with van der Waals surface area (Å²) < 4.78 is 28.0. The molecule has 0 aromatic carbocycles. The summed E-state index contributed by atoms with van der Waals surface area (Å²) in [7, 11) is -3.45. The number of aromatic nitrogens is 1. The number of carboxylic acids is 1. The maximum Gasteiger partial charge on any atom is 0.304 e. The fraction of sp³-hybridized carbons (Fsp3) is 0.600. The molecule has 1 rings (SSSR count). The van der Waals surface area contributed by atoms with Gasteiger partial charge in [0.15, 0.2) is 9.84 Å². The minimum Gasteiger partial charge on any atom is -0.481 e. The first-order valence-corrected chi connectivity index (χ1v) is 7.00. The Morgan fingerprint density at radius 1 is 1.53 bits per heavy atom. The maximum absolute atomic E-state index is 11.5. The second-order valence-electron chi connectivity index (χ2n) is 4.11. The van der Waals surface area contributed by atoms with E-state index in [1.165, 1.54) is 0 Å². The summed E-state index contributed by atoms with van der Waals surface area (Å²) in [6.07, 6.45) is -0.392. The lowest BCUT2D eigenvalue weighted by Crippen LogP contribution is -2.13. The molecule has 0 saturated carbocycles. The van der Waals surface area contributed by atoms with Crippen LogP contribution in [0.1, 0.15) is 37.6 Å². The summed E-state index contributed by atoms with van der Waals surface area (Å²) in [4.78, 5) is 10.3. The SMILES string of the molecule is CC(C)c1cc(CS(=O)(=O)CCC(=O)O)no1. The summed E-state index contributed by atoms with van der Waals surface area (Å²) >= 11 is 0. The lowest BCUT2D eigenvalue weighted by atomic mass is 10.1. The van der Waals surface area contributed by atoms with Crippen LogP contribution in [0.2, 0.25) is 0 Å². The van der Waals surface area contributed by atoms with Gasteiger partial charge >= 0.3 is 5.97 Å². The fourth-order valence-corrected chi connectivity index (χ4v) is 2.43. The first-order valence-electron chi connectivity index (χ1n) is 5.18. The van der Waals surface area contributed by atoms with Crippen LogP contribution in [0.15, 0.2) is 10.6 Å². The van der Waals surface area contributed by atoms with Gasteiger partial charge in [0.05, 0.1) is 23.6 Å². The van der Waals surface area contributed by atoms with Gasteiger partial charge < -0.3 is 9.63 Å². The number of carboxylic acid groups (broad SMARTS) is 1. The topological polar surface area (TPSA) is 97.5 Å². The molecule has 1 aromatic heterocycles. The van der Waals surface area contributed by atoms with E-state index in [0.29, 0.717) is 11.5 Å². The normalized spacial score (nSPS) is 11.9. The highest BCUT2D eigenvalue weighted by Gasteiger charge is 2.17. The second-order valence-corrected chi connectivity index (χ2v) is 6.30. The largest absolute Gasteiger partial charge is 0.481 e. The molecule has 7 heteroatoms. The van der Waals surface area contributed by atoms with Crippen molar-refractivity contribution >= 4 is 15.8 Å². The molecule has 17 heavy (non-hydrogen) atoms. The van der Waals surface area contributed by atoms with E-state index in [-0.39, 0.29) is 17.4 Å². The molecule has 1 aromatic rings. The standard InChI is InChI=1S/C10H15NO5S/c1-7(2)9-5-8(11-16-9)6-17(14,15)4-3-10(12)13/h5,7H,3-4,6H2,1-2H3,(H,12,13). The molecular weight excluding hydrogens is 246 g/mol. The van der Waals surface area contributed by atoms with Crippen LogP contribution in [-0.2, 0) is 20.4 Å². The van der Waals surface area contributed by atoms with E-state index in [1.54, 1.807) is 6.07 Å². The van der Waals surface area contributed by atoms with E-state index in [2.05, 4.69) is 5.16 Å². The van der Waals surface area contributed by atoms with E-state index in [4.69, 9.17) is 9.63 Å². The molecule has 0 fully saturated rings. The van der Waals surface area contributed by atoms with Gasteiger partial charge in [0.25, 0.3) is 0 Å². The minimum atomic E-state index is -3.45. The van der Waals surface area contributed by atoms with E-state index < -0.39 is 22.2 Å². The molecule has 0 amide bonds. The van der Waals surface area contributed by atoms with Crippen molar-refractivity contribution in [2.24, 2.45) is 0 Å². The van der Waals surface area contributed by atoms with Crippen molar-refractivity contribution < 1.29 is 22.8 Å². The number of nitrogens with zero attached hydrogens (tertiary/aromatic N) is 1. The third kappa shape index (κ3) is 4.56. The van der Waals surface area contributed by atoms with E-state index in [0.717, 1.165) is 0 Å². The predicted molar refractivity (Wildman–Crippen MR) is 60.3 cm³/mol. The number of rotatable bonds is 6. The lowest BCUT2D eigenvalue weighted by molar-refractivity contribution is -0.136. The molecule has 0 atom stereocenters. The molecule has 96 valence electrons. The molecule has 0 aliphatic carbocycles. The van der Waals surface area contributed by atoms with Crippen LogP contribution in [0.25, 0.3) is 0 Å². The molecule has 1 heterocycles. The number of aliphatic carboxylic acids is 1. The molecule has 0 radical (unpaired) electrons. The number of hydrogen-bond acceptors (Lipinski definition) is 5. The molecule has 0 bridgehead atoms. The van der Waals surface area contributed by atoms with Crippen molar-refractivity contribution in [2.45, 2.75) is 31.9 Å². The second kappa shape index (κ2) is 5.31. The summed E-state index contributed by atoms with van der Waals surface area (Å²) in [6.45, 7) is 3.81. The average molecular weight is 261 g/mol. The maximum atomic E-state index is 11.5. The summed E-state index contributed by atoms with van der Waals surface area (Å²) in [5.41, 5.74) is 0.319. The monoisotopic (exact) mass is 261 g/mol. The Morgan fingerprint density at radius 2 is 2.18 bits per heavy atom. The quantitative estimate of drug-likeness (QED) is 0.826. The van der Waals surface area contributed by atoms with E-state index in [9.17, 15) is 13.2 Å². The Hall–Kier alpha value is -1.37. The summed E-state index contributed by atoms with van der Waals surface area (Å²) in [5.74, 6) is -1.04. The Bertz CT molecular complexity index is 489. The zero-order chi connectivity index (χ0) is 13.1. The van der Waals surface area contributed by atoms with E-state index >= 15 is 0 Å². The lowest BCUT2D eigenvalue weighted by Gasteiger charge is -1.98. The van der Waals surface area contributed by atoms with Crippen molar-refractivity contribution in [3.63, 3.8) is 0 Å². The predicted octanol–water partition coefficient (Wildman–Crippen LogP) is 1.19. The highest BCUT2D eigenvalue weighted by molar-refractivity contribution is 7.90. The first kappa shape index (κ1) is 13.7. The van der Waals surface area contributed by atoms with Crippen molar-refractivity contribution in [1.29, 1.82) is 0 Å². The number of carbonyl (C=O) groups is 1. The Morgan fingerprint density at radius 3 is 2.65 bits per heavy atom. The van der Waals surface area contributed by atoms with Gasteiger partial charge in [0.1, 0.15) is 5.76 Å². The summed E-state index contributed by atoms with van der Waals surface area (Å²) in [6, 6.07) is 1.59. The average Bonchev–Trinajstić information content (AvgIpc) is 2.63. The molecule has 0 saturated heterocycles. The highest BCUT2D eigenvalue weighted by Crippen LogP contribution is 2.16. The minimum absolute atomic E-state index is 0.137. The molecule has 0 aliphatic rings. The number of hydrogen-bond donors (Lipinski definition) is 1. The van der Waals surface area contributed by atoms with Gasteiger partial charge in [-0.15, -0.1) is 0 Å². The van der Waals surface area contributed by atoms with Gasteiger partial charge in [0.2, 0.25) is 0 Å². The van der Waals surface area contributed by atoms with Crippen LogP contribution < -0.4 is 0 Å². The van der Waals surface area contributed by atoms with Gasteiger partial charge in [-0.2, -0.15) is 0 Å². The van der Waals surface area contributed by atoms with Crippen LogP contribution in [0.4, 0.5) is 0 Å². The summed E-state index contributed by atoms with van der Waals surface area (Å²) in [5, 5.41) is 12.1. The van der Waals surface area contributed by atoms with Crippen molar-refractivity contribution in [3.05, 3.63) is 17.5 Å². The van der Waals surface area contributed by atoms with Crippen molar-refractivity contribution in [3.8, 4) is 0 Å². The van der Waals surface area contributed by atoms with Crippen LogP contribution in [0, 0.1) is 0 Å². The third-order valence-corrected chi connectivity index (χ3v) is 3.70. The van der Waals surface area contributed by atoms with Crippen LogP contribution in [0.5, 0.6) is 0 Å². The van der Waals surface area contributed by atoms with Gasteiger partial charge in [0, 0.05) is 12.0 Å². The third-order valence-electron chi connectivity index (χ3n) is 2.14. The number of sulfone groups is 1. The fourth-order valence-electron chi connectivity index (χ4n) is 1.21. The zero-order valence-corrected chi connectivity index (χ0v) is 10.5. The van der Waals surface area contributed by atoms with Crippen molar-refractivity contribution in [2.75, 3.05) is 5.75 Å². The Kier molecular flexibility index (Phi) is 4.28. The molecule has 1 N–H and O–H groups in total.